The van der Waals surface area contributed by atoms with Crippen molar-refractivity contribution in [1.29, 1.82) is 0 Å². The number of aryl methyl sites for hydroxylation is 1. The average molecular weight is 405 g/mol. The highest BCUT2D eigenvalue weighted by Gasteiger charge is 2.26. The summed E-state index contributed by atoms with van der Waals surface area (Å²) in [7, 11) is -3.60. The number of hydrogen-bond donors (Lipinski definition) is 1. The fraction of sp³-hybridized carbons (Fsp3) is 0.381. The first-order valence-corrected chi connectivity index (χ1v) is 11.0. The highest BCUT2D eigenvalue weighted by Crippen LogP contribution is 2.30. The van der Waals surface area contributed by atoms with Crippen molar-refractivity contribution in [2.24, 2.45) is 0 Å². The molecule has 7 heteroatoms. The van der Waals surface area contributed by atoms with Gasteiger partial charge in [0.1, 0.15) is 5.82 Å². The lowest BCUT2D eigenvalue weighted by Gasteiger charge is -2.30. The maximum Gasteiger partial charge on any atom is 0.258 e. The van der Waals surface area contributed by atoms with Crippen molar-refractivity contribution < 1.29 is 17.6 Å². The molecule has 0 saturated carbocycles. The van der Waals surface area contributed by atoms with Gasteiger partial charge in [0.2, 0.25) is 10.0 Å². The minimum Gasteiger partial charge on any atom is -0.308 e. The van der Waals surface area contributed by atoms with Gasteiger partial charge in [-0.1, -0.05) is 13.3 Å². The van der Waals surface area contributed by atoms with Crippen molar-refractivity contribution in [3.8, 4) is 0 Å². The highest BCUT2D eigenvalue weighted by molar-refractivity contribution is 7.89. The molecule has 1 atom stereocenters. The monoisotopic (exact) mass is 404 g/mol. The van der Waals surface area contributed by atoms with E-state index in [9.17, 15) is 17.6 Å². The second kappa shape index (κ2) is 8.41. The first kappa shape index (κ1) is 20.5. The normalized spacial score (nSPS) is 15.2. The summed E-state index contributed by atoms with van der Waals surface area (Å²) < 4.78 is 41.1. The van der Waals surface area contributed by atoms with Crippen LogP contribution in [0.5, 0.6) is 0 Å². The van der Waals surface area contributed by atoms with Crippen molar-refractivity contribution >= 4 is 21.6 Å². The summed E-state index contributed by atoms with van der Waals surface area (Å²) in [6, 6.07) is 10.2. The molecule has 0 radical (unpaired) electrons. The highest BCUT2D eigenvalue weighted by atomic mass is 32.2. The minimum absolute atomic E-state index is 0.136. The molecule has 1 N–H and O–H groups in total. The molecular weight excluding hydrogens is 379 g/mol. The van der Waals surface area contributed by atoms with Gasteiger partial charge in [0.25, 0.3) is 5.91 Å². The number of benzene rings is 2. The first-order valence-electron chi connectivity index (χ1n) is 9.54. The van der Waals surface area contributed by atoms with E-state index in [1.165, 1.54) is 30.3 Å². The number of amides is 1. The molecular formula is C21H25FN2O3S. The van der Waals surface area contributed by atoms with Gasteiger partial charge in [-0.25, -0.2) is 17.5 Å². The van der Waals surface area contributed by atoms with E-state index >= 15 is 0 Å². The van der Waals surface area contributed by atoms with Crippen LogP contribution in [0, 0.1) is 5.82 Å². The lowest BCUT2D eigenvalue weighted by atomic mass is 10.0. The second-order valence-electron chi connectivity index (χ2n) is 7.17. The van der Waals surface area contributed by atoms with E-state index in [1.807, 2.05) is 13.8 Å². The molecule has 28 heavy (non-hydrogen) atoms. The molecule has 2 aromatic carbocycles. The van der Waals surface area contributed by atoms with Crippen LogP contribution < -0.4 is 9.62 Å². The van der Waals surface area contributed by atoms with Gasteiger partial charge in [0.15, 0.2) is 0 Å². The Morgan fingerprint density at radius 3 is 2.61 bits per heavy atom. The Morgan fingerprint density at radius 1 is 1.21 bits per heavy atom. The molecule has 1 amide bonds. The van der Waals surface area contributed by atoms with Crippen LogP contribution >= 0.6 is 0 Å². The van der Waals surface area contributed by atoms with Gasteiger partial charge in [-0.05, 0) is 74.2 Å². The van der Waals surface area contributed by atoms with Gasteiger partial charge >= 0.3 is 0 Å². The number of halogens is 1. The van der Waals surface area contributed by atoms with Crippen LogP contribution in [0.25, 0.3) is 0 Å². The third-order valence-corrected chi connectivity index (χ3v) is 6.48. The lowest BCUT2D eigenvalue weighted by Crippen LogP contribution is -2.36. The fourth-order valence-corrected chi connectivity index (χ4v) is 4.85. The quantitative estimate of drug-likeness (QED) is 0.794. The Balaban J connectivity index is 1.87. The molecule has 0 spiro atoms. The number of carbonyl (C=O) groups excluding carboxylic acids is 1. The molecule has 1 heterocycles. The number of nitrogens with one attached hydrogen (secondary N) is 1. The van der Waals surface area contributed by atoms with Crippen LogP contribution in [0.4, 0.5) is 10.1 Å². The Labute approximate surface area is 165 Å². The van der Waals surface area contributed by atoms with Crippen LogP contribution in [0.2, 0.25) is 0 Å². The first-order chi connectivity index (χ1) is 13.3. The van der Waals surface area contributed by atoms with E-state index in [1.54, 1.807) is 17.0 Å². The van der Waals surface area contributed by atoms with E-state index in [-0.39, 0.29) is 16.8 Å². The molecule has 0 fully saturated rings. The van der Waals surface area contributed by atoms with E-state index in [4.69, 9.17) is 0 Å². The van der Waals surface area contributed by atoms with Crippen molar-refractivity contribution in [2.75, 3.05) is 11.4 Å². The second-order valence-corrected chi connectivity index (χ2v) is 8.88. The summed E-state index contributed by atoms with van der Waals surface area (Å²) in [5, 5.41) is 0. The van der Waals surface area contributed by atoms with Crippen LogP contribution in [-0.2, 0) is 16.4 Å². The summed E-state index contributed by atoms with van der Waals surface area (Å²) in [5.74, 6) is -0.610. The summed E-state index contributed by atoms with van der Waals surface area (Å²) >= 11 is 0. The van der Waals surface area contributed by atoms with Crippen molar-refractivity contribution in [3.63, 3.8) is 0 Å². The number of carbonyl (C=O) groups is 1. The van der Waals surface area contributed by atoms with Crippen molar-refractivity contribution in [1.82, 2.24) is 4.72 Å². The molecule has 3 rings (SSSR count). The van der Waals surface area contributed by atoms with E-state index in [0.717, 1.165) is 24.8 Å². The third kappa shape index (κ3) is 4.42. The van der Waals surface area contributed by atoms with Crippen molar-refractivity contribution in [3.05, 3.63) is 59.4 Å². The standard InChI is InChI=1S/C21H25FN2O3S/c1-3-5-15(2)23-28(26,27)19-11-12-20-17(14-19)6-4-13-24(20)21(25)16-7-9-18(22)10-8-16/h7-12,14-15,23H,3-6,13H2,1-2H3/t15-/m1/s1. The van der Waals surface area contributed by atoms with Crippen molar-refractivity contribution in [2.45, 2.75) is 50.5 Å². The van der Waals surface area contributed by atoms with E-state index < -0.39 is 15.8 Å². The molecule has 1 aliphatic heterocycles. The topological polar surface area (TPSA) is 66.5 Å². The van der Waals surface area contributed by atoms with Gasteiger partial charge in [-0.2, -0.15) is 0 Å². The molecule has 5 nitrogen and oxygen atoms in total. The number of fused-ring (bicyclic) bond motifs is 1. The number of nitrogens with zero attached hydrogens (tertiary/aromatic N) is 1. The predicted octanol–water partition coefficient (Wildman–Crippen LogP) is 3.89. The molecule has 150 valence electrons. The summed E-state index contributed by atoms with van der Waals surface area (Å²) in [4.78, 5) is 14.7. The SMILES string of the molecule is CCC[C@@H](C)NS(=O)(=O)c1ccc2c(c1)CCCN2C(=O)c1ccc(F)cc1. The maximum atomic E-state index is 13.1. The zero-order chi connectivity index (χ0) is 20.3. The zero-order valence-corrected chi connectivity index (χ0v) is 16.9. The molecule has 0 aromatic heterocycles. The fourth-order valence-electron chi connectivity index (χ4n) is 3.52. The molecule has 0 aliphatic carbocycles. The molecule has 0 unspecified atom stereocenters. The van der Waals surface area contributed by atoms with Crippen LogP contribution in [0.1, 0.15) is 49.0 Å². The number of hydrogen-bond acceptors (Lipinski definition) is 3. The lowest BCUT2D eigenvalue weighted by molar-refractivity contribution is 0.0985. The number of rotatable bonds is 6. The average Bonchev–Trinajstić information content (AvgIpc) is 2.67. The number of anilines is 1. The van der Waals surface area contributed by atoms with Crippen LogP contribution in [0.15, 0.2) is 47.4 Å². The summed E-state index contributed by atoms with van der Waals surface area (Å²) in [6.45, 7) is 4.40. The molecule has 1 aliphatic rings. The molecule has 0 saturated heterocycles. The van der Waals surface area contributed by atoms with Gasteiger partial charge in [0.05, 0.1) is 4.90 Å². The smallest absolute Gasteiger partial charge is 0.258 e. The summed E-state index contributed by atoms with van der Waals surface area (Å²) in [5.41, 5.74) is 1.94. The van der Waals surface area contributed by atoms with Gasteiger partial charge in [0, 0.05) is 23.8 Å². The summed E-state index contributed by atoms with van der Waals surface area (Å²) in [6.07, 6.45) is 3.11. The van der Waals surface area contributed by atoms with E-state index in [0.29, 0.717) is 24.2 Å². The van der Waals surface area contributed by atoms with E-state index in [2.05, 4.69) is 4.72 Å². The molecule has 0 bridgehead atoms. The van der Waals surface area contributed by atoms with Gasteiger partial charge < -0.3 is 4.90 Å². The predicted molar refractivity (Wildman–Crippen MR) is 108 cm³/mol. The Morgan fingerprint density at radius 2 is 1.93 bits per heavy atom. The number of sulfonamides is 1. The third-order valence-electron chi connectivity index (χ3n) is 4.89. The minimum atomic E-state index is -3.60. The van der Waals surface area contributed by atoms with Crippen LogP contribution in [-0.4, -0.2) is 26.9 Å². The van der Waals surface area contributed by atoms with Gasteiger partial charge in [-0.15, -0.1) is 0 Å². The Kier molecular flexibility index (Phi) is 6.15. The zero-order valence-electron chi connectivity index (χ0n) is 16.1. The Hall–Kier alpha value is -2.25. The van der Waals surface area contributed by atoms with Gasteiger partial charge in [-0.3, -0.25) is 4.79 Å². The Bertz CT molecular complexity index is 958. The van der Waals surface area contributed by atoms with Crippen LogP contribution in [0.3, 0.4) is 0 Å². The molecule has 2 aromatic rings. The largest absolute Gasteiger partial charge is 0.308 e. The maximum absolute atomic E-state index is 13.1.